The molecule has 3 heteroatoms. The van der Waals surface area contributed by atoms with Crippen molar-refractivity contribution in [2.24, 2.45) is 29.1 Å². The number of hydrogen-bond acceptors (Lipinski definition) is 3. The Morgan fingerprint density at radius 1 is 1.32 bits per heavy atom. The van der Waals surface area contributed by atoms with Gasteiger partial charge < -0.3 is 4.74 Å². The summed E-state index contributed by atoms with van der Waals surface area (Å²) < 4.78 is 5.64. The van der Waals surface area contributed by atoms with Crippen molar-refractivity contribution >= 4 is 11.8 Å². The van der Waals surface area contributed by atoms with Crippen LogP contribution in [0.1, 0.15) is 59.8 Å². The third kappa shape index (κ3) is 3.13. The number of fused-ring (bicyclic) bond motifs is 1. The van der Waals surface area contributed by atoms with Crippen LogP contribution in [0.15, 0.2) is 12.7 Å². The van der Waals surface area contributed by atoms with Gasteiger partial charge in [0.15, 0.2) is 0 Å². The molecule has 2 saturated carbocycles. The molecule has 124 valence electrons. The van der Waals surface area contributed by atoms with E-state index in [2.05, 4.69) is 20.4 Å². The van der Waals surface area contributed by atoms with Gasteiger partial charge in [0, 0.05) is 18.8 Å². The second kappa shape index (κ2) is 6.55. The molecule has 0 aliphatic heterocycles. The highest BCUT2D eigenvalue weighted by Gasteiger charge is 2.53. The van der Waals surface area contributed by atoms with Crippen LogP contribution in [0, 0.1) is 29.1 Å². The standard InChI is InChI=1S/C19H30O3/c1-6-7-16-17-9-8-15(13(3)20)11-19(17,5)12(2)10-18(16)22-14(4)21/h6,12,15-18H,1,7-11H2,2-5H3/t12-,15-,16+,17+,18-,19+/m1/s1. The number of ketones is 1. The van der Waals surface area contributed by atoms with Crippen LogP contribution in [0.5, 0.6) is 0 Å². The van der Waals surface area contributed by atoms with Crippen LogP contribution in [0.25, 0.3) is 0 Å². The first-order valence-corrected chi connectivity index (χ1v) is 8.58. The lowest BCUT2D eigenvalue weighted by Crippen LogP contribution is -2.53. The van der Waals surface area contributed by atoms with E-state index in [4.69, 9.17) is 4.74 Å². The second-order valence-electron chi connectivity index (χ2n) is 7.67. The lowest BCUT2D eigenvalue weighted by Gasteiger charge is -2.56. The molecular formula is C19H30O3. The van der Waals surface area contributed by atoms with Gasteiger partial charge in [-0.15, -0.1) is 6.58 Å². The predicted molar refractivity (Wildman–Crippen MR) is 87.3 cm³/mol. The molecule has 2 aliphatic rings. The molecule has 0 aromatic rings. The van der Waals surface area contributed by atoms with Crippen molar-refractivity contribution in [3.63, 3.8) is 0 Å². The molecule has 2 rings (SSSR count). The van der Waals surface area contributed by atoms with Gasteiger partial charge in [0.05, 0.1) is 0 Å². The fraction of sp³-hybridized carbons (Fsp3) is 0.789. The SMILES string of the molecule is C=CC[C@@H]1[C@H](OC(C)=O)C[C@@H](C)[C@]2(C)C[C@H](C(C)=O)CC[C@@H]12. The van der Waals surface area contributed by atoms with Gasteiger partial charge in [-0.2, -0.15) is 0 Å². The van der Waals surface area contributed by atoms with Crippen molar-refractivity contribution < 1.29 is 14.3 Å². The lowest BCUT2D eigenvalue weighted by atomic mass is 9.49. The van der Waals surface area contributed by atoms with E-state index < -0.39 is 0 Å². The van der Waals surface area contributed by atoms with Gasteiger partial charge >= 0.3 is 5.97 Å². The third-order valence-electron chi connectivity index (χ3n) is 6.40. The van der Waals surface area contributed by atoms with E-state index in [1.54, 1.807) is 6.92 Å². The molecule has 6 atom stereocenters. The maximum atomic E-state index is 11.9. The predicted octanol–water partition coefficient (Wildman–Crippen LogP) is 4.16. The van der Waals surface area contributed by atoms with Gasteiger partial charge in [-0.05, 0) is 56.3 Å². The van der Waals surface area contributed by atoms with Crippen molar-refractivity contribution in [3.05, 3.63) is 12.7 Å². The van der Waals surface area contributed by atoms with Crippen molar-refractivity contribution in [3.8, 4) is 0 Å². The summed E-state index contributed by atoms with van der Waals surface area (Å²) in [5.41, 5.74) is 0.166. The van der Waals surface area contributed by atoms with Gasteiger partial charge in [0.1, 0.15) is 11.9 Å². The first-order chi connectivity index (χ1) is 10.3. The number of carbonyl (C=O) groups excluding carboxylic acids is 2. The number of hydrogen-bond donors (Lipinski definition) is 0. The van der Waals surface area contributed by atoms with Gasteiger partial charge in [-0.25, -0.2) is 0 Å². The van der Waals surface area contributed by atoms with Gasteiger partial charge in [-0.3, -0.25) is 9.59 Å². The first-order valence-electron chi connectivity index (χ1n) is 8.58. The molecule has 0 heterocycles. The van der Waals surface area contributed by atoms with Crippen LogP contribution in [0.4, 0.5) is 0 Å². The summed E-state index contributed by atoms with van der Waals surface area (Å²) in [5, 5.41) is 0. The Hall–Kier alpha value is -1.12. The zero-order valence-corrected chi connectivity index (χ0v) is 14.4. The van der Waals surface area contributed by atoms with Crippen molar-refractivity contribution in [2.75, 3.05) is 0 Å². The zero-order chi connectivity index (χ0) is 16.5. The first kappa shape index (κ1) is 17.2. The quantitative estimate of drug-likeness (QED) is 0.578. The van der Waals surface area contributed by atoms with E-state index in [-0.39, 0.29) is 23.4 Å². The molecule has 0 N–H and O–H groups in total. The Balaban J connectivity index is 2.27. The third-order valence-corrected chi connectivity index (χ3v) is 6.40. The topological polar surface area (TPSA) is 43.4 Å². The number of ether oxygens (including phenoxy) is 1. The van der Waals surface area contributed by atoms with Crippen molar-refractivity contribution in [1.82, 2.24) is 0 Å². The Labute approximate surface area is 134 Å². The number of esters is 1. The molecule has 0 bridgehead atoms. The number of carbonyl (C=O) groups is 2. The minimum atomic E-state index is -0.188. The molecule has 0 radical (unpaired) electrons. The molecule has 2 fully saturated rings. The molecule has 0 aromatic carbocycles. The summed E-state index contributed by atoms with van der Waals surface area (Å²) in [5.74, 6) is 1.66. The summed E-state index contributed by atoms with van der Waals surface area (Å²) in [4.78, 5) is 23.3. The number of rotatable bonds is 4. The largest absolute Gasteiger partial charge is 0.462 e. The van der Waals surface area contributed by atoms with Crippen LogP contribution >= 0.6 is 0 Å². The van der Waals surface area contributed by atoms with Gasteiger partial charge in [-0.1, -0.05) is 19.9 Å². The molecule has 0 spiro atoms. The minimum absolute atomic E-state index is 0.00236. The van der Waals surface area contributed by atoms with Gasteiger partial charge in [0.2, 0.25) is 0 Å². The highest BCUT2D eigenvalue weighted by molar-refractivity contribution is 5.78. The normalized spacial score (nSPS) is 41.4. The second-order valence-corrected chi connectivity index (χ2v) is 7.67. The Morgan fingerprint density at radius 3 is 2.55 bits per heavy atom. The van der Waals surface area contributed by atoms with Gasteiger partial charge in [0.25, 0.3) is 0 Å². The number of Topliss-reactive ketones (excluding diaryl/α,β-unsaturated/α-hetero) is 1. The van der Waals surface area contributed by atoms with E-state index in [1.165, 1.54) is 6.92 Å². The van der Waals surface area contributed by atoms with E-state index in [9.17, 15) is 9.59 Å². The van der Waals surface area contributed by atoms with Crippen LogP contribution in [-0.2, 0) is 14.3 Å². The van der Waals surface area contributed by atoms with Crippen LogP contribution in [-0.4, -0.2) is 17.9 Å². The molecule has 0 amide bonds. The Morgan fingerprint density at radius 2 is 2.00 bits per heavy atom. The van der Waals surface area contributed by atoms with E-state index >= 15 is 0 Å². The summed E-state index contributed by atoms with van der Waals surface area (Å²) in [6.07, 6.45) is 6.75. The summed E-state index contributed by atoms with van der Waals surface area (Å²) >= 11 is 0. The molecule has 0 saturated heterocycles. The Kier molecular flexibility index (Phi) is 5.14. The molecular weight excluding hydrogens is 276 g/mol. The summed E-state index contributed by atoms with van der Waals surface area (Å²) in [7, 11) is 0. The van der Waals surface area contributed by atoms with E-state index in [0.29, 0.717) is 23.5 Å². The van der Waals surface area contributed by atoms with Crippen LogP contribution < -0.4 is 0 Å². The molecule has 2 aliphatic carbocycles. The molecule has 0 aromatic heterocycles. The maximum absolute atomic E-state index is 11.9. The fourth-order valence-corrected chi connectivity index (χ4v) is 5.02. The summed E-state index contributed by atoms with van der Waals surface area (Å²) in [6, 6.07) is 0. The summed E-state index contributed by atoms with van der Waals surface area (Å²) in [6.45, 7) is 11.7. The molecule has 3 nitrogen and oxygen atoms in total. The van der Waals surface area contributed by atoms with E-state index in [1.807, 2.05) is 6.08 Å². The monoisotopic (exact) mass is 306 g/mol. The average Bonchev–Trinajstić information content (AvgIpc) is 2.42. The maximum Gasteiger partial charge on any atom is 0.302 e. The average molecular weight is 306 g/mol. The number of allylic oxidation sites excluding steroid dienone is 1. The minimum Gasteiger partial charge on any atom is -0.462 e. The molecule has 22 heavy (non-hydrogen) atoms. The fourth-order valence-electron chi connectivity index (χ4n) is 5.02. The zero-order valence-electron chi connectivity index (χ0n) is 14.4. The van der Waals surface area contributed by atoms with Crippen molar-refractivity contribution in [1.29, 1.82) is 0 Å². The Bertz CT molecular complexity index is 456. The highest BCUT2D eigenvalue weighted by Crippen LogP contribution is 2.58. The highest BCUT2D eigenvalue weighted by atomic mass is 16.5. The van der Waals surface area contributed by atoms with Crippen LogP contribution in [0.3, 0.4) is 0 Å². The van der Waals surface area contributed by atoms with Crippen LogP contribution in [0.2, 0.25) is 0 Å². The smallest absolute Gasteiger partial charge is 0.302 e. The molecule has 0 unspecified atom stereocenters. The van der Waals surface area contributed by atoms with E-state index in [0.717, 1.165) is 32.1 Å². The lowest BCUT2D eigenvalue weighted by molar-refractivity contribution is -0.166. The van der Waals surface area contributed by atoms with Crippen molar-refractivity contribution in [2.45, 2.75) is 65.9 Å².